The SMILES string of the molecule is CC(C)CC(CN)NC(=O)C(C)C. The normalized spacial score (nSPS) is 13.5. The van der Waals surface area contributed by atoms with E-state index in [0.29, 0.717) is 12.5 Å². The van der Waals surface area contributed by atoms with Crippen molar-refractivity contribution in [3.8, 4) is 0 Å². The fraction of sp³-hybridized carbons (Fsp3) is 0.900. The summed E-state index contributed by atoms with van der Waals surface area (Å²) in [5.74, 6) is 0.707. The van der Waals surface area contributed by atoms with Gasteiger partial charge in [-0.1, -0.05) is 27.7 Å². The number of carbonyl (C=O) groups is 1. The van der Waals surface area contributed by atoms with Crippen LogP contribution in [0.5, 0.6) is 0 Å². The number of amides is 1. The van der Waals surface area contributed by atoms with Gasteiger partial charge in [-0.25, -0.2) is 0 Å². The molecule has 0 radical (unpaired) electrons. The first-order chi connectivity index (χ1) is 5.97. The maximum absolute atomic E-state index is 11.3. The Labute approximate surface area is 81.1 Å². The molecule has 13 heavy (non-hydrogen) atoms. The van der Waals surface area contributed by atoms with Gasteiger partial charge in [0.25, 0.3) is 0 Å². The van der Waals surface area contributed by atoms with Crippen LogP contribution >= 0.6 is 0 Å². The molecule has 0 saturated heterocycles. The molecule has 3 nitrogen and oxygen atoms in total. The molecule has 0 rings (SSSR count). The first-order valence-corrected chi connectivity index (χ1v) is 4.97. The Bertz CT molecular complexity index is 155. The van der Waals surface area contributed by atoms with E-state index in [4.69, 9.17) is 5.73 Å². The largest absolute Gasteiger partial charge is 0.352 e. The van der Waals surface area contributed by atoms with E-state index in [0.717, 1.165) is 6.42 Å². The van der Waals surface area contributed by atoms with Crippen molar-refractivity contribution in [2.24, 2.45) is 17.6 Å². The van der Waals surface area contributed by atoms with Crippen LogP contribution in [-0.2, 0) is 4.79 Å². The van der Waals surface area contributed by atoms with E-state index < -0.39 is 0 Å². The van der Waals surface area contributed by atoms with Gasteiger partial charge in [0.05, 0.1) is 0 Å². The van der Waals surface area contributed by atoms with E-state index in [2.05, 4.69) is 19.2 Å². The standard InChI is InChI=1S/C10H22N2O/c1-7(2)5-9(6-11)12-10(13)8(3)4/h7-9H,5-6,11H2,1-4H3,(H,12,13). The minimum atomic E-state index is 0.0428. The van der Waals surface area contributed by atoms with Crippen molar-refractivity contribution in [2.75, 3.05) is 6.54 Å². The molecule has 0 saturated carbocycles. The summed E-state index contributed by atoms with van der Waals surface area (Å²) in [6.07, 6.45) is 0.953. The molecule has 1 unspecified atom stereocenters. The van der Waals surface area contributed by atoms with Gasteiger partial charge in [-0.3, -0.25) is 4.79 Å². The molecule has 3 heteroatoms. The topological polar surface area (TPSA) is 55.1 Å². The maximum Gasteiger partial charge on any atom is 0.222 e. The van der Waals surface area contributed by atoms with E-state index in [1.54, 1.807) is 0 Å². The first kappa shape index (κ1) is 12.4. The Morgan fingerprint density at radius 1 is 1.31 bits per heavy atom. The van der Waals surface area contributed by atoms with Gasteiger partial charge in [0.1, 0.15) is 0 Å². The van der Waals surface area contributed by atoms with Gasteiger partial charge in [0.2, 0.25) is 5.91 Å². The molecule has 3 N–H and O–H groups in total. The van der Waals surface area contributed by atoms with E-state index in [1.165, 1.54) is 0 Å². The first-order valence-electron chi connectivity index (χ1n) is 4.97. The molecule has 0 aromatic heterocycles. The molecule has 0 aliphatic carbocycles. The zero-order valence-corrected chi connectivity index (χ0v) is 9.13. The number of nitrogens with one attached hydrogen (secondary N) is 1. The minimum absolute atomic E-state index is 0.0428. The third kappa shape index (κ3) is 5.64. The predicted molar refractivity (Wildman–Crippen MR) is 55.3 cm³/mol. The molecule has 0 heterocycles. The van der Waals surface area contributed by atoms with Gasteiger partial charge in [0, 0.05) is 18.5 Å². The van der Waals surface area contributed by atoms with Gasteiger partial charge in [-0.15, -0.1) is 0 Å². The third-order valence-electron chi connectivity index (χ3n) is 1.91. The smallest absolute Gasteiger partial charge is 0.222 e. The van der Waals surface area contributed by atoms with Crippen LogP contribution in [0.2, 0.25) is 0 Å². The molecule has 0 aliphatic rings. The van der Waals surface area contributed by atoms with Gasteiger partial charge in [-0.2, -0.15) is 0 Å². The van der Waals surface area contributed by atoms with Crippen molar-refractivity contribution in [1.82, 2.24) is 5.32 Å². The number of carbonyl (C=O) groups excluding carboxylic acids is 1. The van der Waals surface area contributed by atoms with E-state index >= 15 is 0 Å². The summed E-state index contributed by atoms with van der Waals surface area (Å²) in [5.41, 5.74) is 5.55. The van der Waals surface area contributed by atoms with Crippen molar-refractivity contribution in [2.45, 2.75) is 40.2 Å². The second kappa shape index (κ2) is 5.97. The maximum atomic E-state index is 11.3. The van der Waals surface area contributed by atoms with E-state index in [-0.39, 0.29) is 17.9 Å². The highest BCUT2D eigenvalue weighted by Gasteiger charge is 2.14. The van der Waals surface area contributed by atoms with Crippen LogP contribution in [0.3, 0.4) is 0 Å². The van der Waals surface area contributed by atoms with Crippen molar-refractivity contribution < 1.29 is 4.79 Å². The van der Waals surface area contributed by atoms with Crippen molar-refractivity contribution in [3.63, 3.8) is 0 Å². The summed E-state index contributed by atoms with van der Waals surface area (Å²) < 4.78 is 0. The minimum Gasteiger partial charge on any atom is -0.352 e. The van der Waals surface area contributed by atoms with Crippen LogP contribution in [0.25, 0.3) is 0 Å². The summed E-state index contributed by atoms with van der Waals surface area (Å²) in [5, 5.41) is 2.93. The second-order valence-corrected chi connectivity index (χ2v) is 4.23. The Kier molecular flexibility index (Phi) is 5.71. The Balaban J connectivity index is 3.90. The Morgan fingerprint density at radius 3 is 2.15 bits per heavy atom. The molecule has 0 aromatic rings. The lowest BCUT2D eigenvalue weighted by atomic mass is 10.0. The summed E-state index contributed by atoms with van der Waals surface area (Å²) in [4.78, 5) is 11.3. The quantitative estimate of drug-likeness (QED) is 0.676. The molecule has 0 aromatic carbocycles. The number of rotatable bonds is 5. The monoisotopic (exact) mass is 186 g/mol. The van der Waals surface area contributed by atoms with Crippen LogP contribution in [0, 0.1) is 11.8 Å². The van der Waals surface area contributed by atoms with Crippen LogP contribution in [0.1, 0.15) is 34.1 Å². The highest BCUT2D eigenvalue weighted by Crippen LogP contribution is 2.04. The fourth-order valence-electron chi connectivity index (χ4n) is 1.15. The molecule has 0 bridgehead atoms. The lowest BCUT2D eigenvalue weighted by molar-refractivity contribution is -0.124. The van der Waals surface area contributed by atoms with Gasteiger partial charge >= 0.3 is 0 Å². The molecular formula is C10H22N2O. The van der Waals surface area contributed by atoms with Gasteiger partial charge in [0.15, 0.2) is 0 Å². The molecule has 1 atom stereocenters. The predicted octanol–water partition coefficient (Wildman–Crippen LogP) is 1.13. The second-order valence-electron chi connectivity index (χ2n) is 4.23. The highest BCUT2D eigenvalue weighted by molar-refractivity contribution is 5.78. The molecule has 0 fully saturated rings. The summed E-state index contributed by atoms with van der Waals surface area (Å²) in [6, 6.07) is 0.134. The lowest BCUT2D eigenvalue weighted by Crippen LogP contribution is -2.42. The summed E-state index contributed by atoms with van der Waals surface area (Å²) in [6.45, 7) is 8.56. The average Bonchev–Trinajstić information content (AvgIpc) is 2.02. The number of hydrogen-bond acceptors (Lipinski definition) is 2. The lowest BCUT2D eigenvalue weighted by Gasteiger charge is -2.19. The fourth-order valence-corrected chi connectivity index (χ4v) is 1.15. The molecule has 0 spiro atoms. The summed E-state index contributed by atoms with van der Waals surface area (Å²) in [7, 11) is 0. The molecule has 1 amide bonds. The van der Waals surface area contributed by atoms with Gasteiger partial charge < -0.3 is 11.1 Å². The molecule has 0 aliphatic heterocycles. The van der Waals surface area contributed by atoms with E-state index in [9.17, 15) is 4.79 Å². The third-order valence-corrected chi connectivity index (χ3v) is 1.91. The average molecular weight is 186 g/mol. The Hall–Kier alpha value is -0.570. The Morgan fingerprint density at radius 2 is 1.85 bits per heavy atom. The number of nitrogens with two attached hydrogens (primary N) is 1. The highest BCUT2D eigenvalue weighted by atomic mass is 16.1. The van der Waals surface area contributed by atoms with Gasteiger partial charge in [-0.05, 0) is 12.3 Å². The van der Waals surface area contributed by atoms with Crippen molar-refractivity contribution in [1.29, 1.82) is 0 Å². The molecular weight excluding hydrogens is 164 g/mol. The zero-order valence-electron chi connectivity index (χ0n) is 9.13. The van der Waals surface area contributed by atoms with Crippen molar-refractivity contribution >= 4 is 5.91 Å². The van der Waals surface area contributed by atoms with E-state index in [1.807, 2.05) is 13.8 Å². The van der Waals surface area contributed by atoms with Crippen molar-refractivity contribution in [3.05, 3.63) is 0 Å². The van der Waals surface area contributed by atoms with Crippen LogP contribution < -0.4 is 11.1 Å². The van der Waals surface area contributed by atoms with Crippen LogP contribution in [-0.4, -0.2) is 18.5 Å². The van der Waals surface area contributed by atoms with Crippen LogP contribution in [0.4, 0.5) is 0 Å². The number of hydrogen-bond donors (Lipinski definition) is 2. The van der Waals surface area contributed by atoms with Crippen LogP contribution in [0.15, 0.2) is 0 Å². The molecule has 78 valence electrons. The zero-order chi connectivity index (χ0) is 10.4. The summed E-state index contributed by atoms with van der Waals surface area (Å²) >= 11 is 0.